The molecule has 0 saturated carbocycles. The normalized spacial score (nSPS) is 10.9. The Morgan fingerprint density at radius 2 is 2.00 bits per heavy atom. The van der Waals surface area contributed by atoms with Gasteiger partial charge in [-0.1, -0.05) is 24.3 Å². The number of aryl methyl sites for hydroxylation is 1. The fourth-order valence-corrected chi connectivity index (χ4v) is 2.67. The summed E-state index contributed by atoms with van der Waals surface area (Å²) in [7, 11) is 0. The Morgan fingerprint density at radius 1 is 1.12 bits per heavy atom. The maximum absolute atomic E-state index is 13.1. The van der Waals surface area contributed by atoms with Gasteiger partial charge in [0.05, 0.1) is 11.0 Å². The standard InChI is InChI=1S/C19H20FN3O/c20-15-6-3-5-14(13-15)11-12-21-19(24)10-4-9-18-22-16-7-1-2-8-17(16)23-18/h1-3,5-8,13H,4,9-12H2,(H,21,24)(H,22,23). The number of halogens is 1. The second-order valence-corrected chi connectivity index (χ2v) is 5.78. The van der Waals surface area contributed by atoms with Crippen molar-refractivity contribution in [2.24, 2.45) is 0 Å². The molecule has 0 aliphatic heterocycles. The molecule has 2 aromatic carbocycles. The maximum atomic E-state index is 13.1. The van der Waals surface area contributed by atoms with E-state index in [1.807, 2.05) is 30.3 Å². The number of fused-ring (bicyclic) bond motifs is 1. The first-order valence-corrected chi connectivity index (χ1v) is 8.15. The molecule has 0 spiro atoms. The van der Waals surface area contributed by atoms with Gasteiger partial charge in [0.1, 0.15) is 11.6 Å². The first-order chi connectivity index (χ1) is 11.7. The highest BCUT2D eigenvalue weighted by molar-refractivity contribution is 5.76. The zero-order valence-electron chi connectivity index (χ0n) is 13.4. The van der Waals surface area contributed by atoms with E-state index in [4.69, 9.17) is 0 Å². The van der Waals surface area contributed by atoms with Crippen molar-refractivity contribution in [3.05, 3.63) is 65.7 Å². The van der Waals surface area contributed by atoms with Gasteiger partial charge in [0.25, 0.3) is 0 Å². The molecule has 0 saturated heterocycles. The van der Waals surface area contributed by atoms with E-state index in [-0.39, 0.29) is 11.7 Å². The van der Waals surface area contributed by atoms with E-state index in [2.05, 4.69) is 15.3 Å². The molecule has 0 radical (unpaired) electrons. The Balaban J connectivity index is 1.38. The van der Waals surface area contributed by atoms with Gasteiger partial charge in [-0.05, 0) is 42.7 Å². The predicted molar refractivity (Wildman–Crippen MR) is 92.1 cm³/mol. The number of aromatic nitrogens is 2. The van der Waals surface area contributed by atoms with Crippen molar-refractivity contribution in [2.45, 2.75) is 25.7 Å². The lowest BCUT2D eigenvalue weighted by molar-refractivity contribution is -0.121. The summed E-state index contributed by atoms with van der Waals surface area (Å²) in [5, 5.41) is 2.87. The monoisotopic (exact) mass is 325 g/mol. The Bertz CT molecular complexity index is 795. The topological polar surface area (TPSA) is 57.8 Å². The molecule has 0 aliphatic carbocycles. The van der Waals surface area contributed by atoms with Crippen LogP contribution >= 0.6 is 0 Å². The van der Waals surface area contributed by atoms with Crippen molar-refractivity contribution in [2.75, 3.05) is 6.54 Å². The number of carbonyl (C=O) groups is 1. The van der Waals surface area contributed by atoms with E-state index in [0.29, 0.717) is 19.4 Å². The van der Waals surface area contributed by atoms with Crippen LogP contribution in [0, 0.1) is 5.82 Å². The van der Waals surface area contributed by atoms with Gasteiger partial charge < -0.3 is 10.3 Å². The number of H-pyrrole nitrogens is 1. The van der Waals surface area contributed by atoms with Crippen molar-refractivity contribution in [1.29, 1.82) is 0 Å². The lowest BCUT2D eigenvalue weighted by Gasteiger charge is -2.05. The highest BCUT2D eigenvalue weighted by Gasteiger charge is 2.05. The van der Waals surface area contributed by atoms with Crippen molar-refractivity contribution in [3.8, 4) is 0 Å². The smallest absolute Gasteiger partial charge is 0.220 e. The number of nitrogens with one attached hydrogen (secondary N) is 2. The summed E-state index contributed by atoms with van der Waals surface area (Å²) in [5.41, 5.74) is 2.86. The quantitative estimate of drug-likeness (QED) is 0.699. The minimum absolute atomic E-state index is 0.0162. The van der Waals surface area contributed by atoms with Gasteiger partial charge >= 0.3 is 0 Å². The Labute approximate surface area is 140 Å². The third kappa shape index (κ3) is 4.41. The molecule has 1 amide bonds. The fraction of sp³-hybridized carbons (Fsp3) is 0.263. The highest BCUT2D eigenvalue weighted by Crippen LogP contribution is 2.11. The van der Waals surface area contributed by atoms with Crippen molar-refractivity contribution in [3.63, 3.8) is 0 Å². The van der Waals surface area contributed by atoms with Crippen molar-refractivity contribution >= 4 is 16.9 Å². The summed E-state index contributed by atoms with van der Waals surface area (Å²) >= 11 is 0. The van der Waals surface area contributed by atoms with Crippen LogP contribution in [0.2, 0.25) is 0 Å². The Kier molecular flexibility index (Phi) is 5.21. The summed E-state index contributed by atoms with van der Waals surface area (Å²) in [6, 6.07) is 14.3. The Hall–Kier alpha value is -2.69. The van der Waals surface area contributed by atoms with Crippen LogP contribution in [0.15, 0.2) is 48.5 Å². The van der Waals surface area contributed by atoms with Gasteiger partial charge in [0.15, 0.2) is 0 Å². The molecule has 3 aromatic rings. The van der Waals surface area contributed by atoms with Crippen LogP contribution in [0.3, 0.4) is 0 Å². The van der Waals surface area contributed by atoms with Gasteiger partial charge in [-0.2, -0.15) is 0 Å². The number of para-hydroxylation sites is 2. The first-order valence-electron chi connectivity index (χ1n) is 8.15. The van der Waals surface area contributed by atoms with Gasteiger partial charge in [0.2, 0.25) is 5.91 Å². The molecule has 1 heterocycles. The lowest BCUT2D eigenvalue weighted by atomic mass is 10.1. The number of imidazole rings is 1. The van der Waals surface area contributed by atoms with E-state index in [1.54, 1.807) is 6.07 Å². The molecule has 0 fully saturated rings. The lowest BCUT2D eigenvalue weighted by Crippen LogP contribution is -2.25. The average Bonchev–Trinajstić information content (AvgIpc) is 2.97. The number of amides is 1. The molecule has 5 heteroatoms. The number of rotatable bonds is 7. The van der Waals surface area contributed by atoms with Crippen LogP contribution in [0.25, 0.3) is 11.0 Å². The van der Waals surface area contributed by atoms with Gasteiger partial charge in [-0.3, -0.25) is 4.79 Å². The Morgan fingerprint density at radius 3 is 2.83 bits per heavy atom. The minimum atomic E-state index is -0.246. The van der Waals surface area contributed by atoms with Crippen LogP contribution in [-0.4, -0.2) is 22.4 Å². The van der Waals surface area contributed by atoms with E-state index >= 15 is 0 Å². The average molecular weight is 325 g/mol. The fourth-order valence-electron chi connectivity index (χ4n) is 2.67. The van der Waals surface area contributed by atoms with Crippen LogP contribution in [0.4, 0.5) is 4.39 Å². The van der Waals surface area contributed by atoms with Crippen LogP contribution in [-0.2, 0) is 17.6 Å². The van der Waals surface area contributed by atoms with Gasteiger partial charge in [0, 0.05) is 19.4 Å². The molecule has 124 valence electrons. The molecule has 0 atom stereocenters. The zero-order valence-corrected chi connectivity index (χ0v) is 13.4. The molecular weight excluding hydrogens is 305 g/mol. The molecule has 24 heavy (non-hydrogen) atoms. The largest absolute Gasteiger partial charge is 0.356 e. The first kappa shape index (κ1) is 16.2. The number of hydrogen-bond acceptors (Lipinski definition) is 2. The number of nitrogens with zero attached hydrogens (tertiary/aromatic N) is 1. The number of hydrogen-bond donors (Lipinski definition) is 2. The van der Waals surface area contributed by atoms with Crippen LogP contribution in [0.5, 0.6) is 0 Å². The number of carbonyl (C=O) groups excluding carboxylic acids is 1. The molecular formula is C19H20FN3O. The van der Waals surface area contributed by atoms with Crippen LogP contribution in [0.1, 0.15) is 24.2 Å². The third-order valence-corrected chi connectivity index (χ3v) is 3.88. The summed E-state index contributed by atoms with van der Waals surface area (Å²) in [4.78, 5) is 19.6. The summed E-state index contributed by atoms with van der Waals surface area (Å²) in [5.74, 6) is 0.677. The second kappa shape index (κ2) is 7.73. The summed E-state index contributed by atoms with van der Waals surface area (Å²) < 4.78 is 13.1. The molecule has 2 N–H and O–H groups in total. The SMILES string of the molecule is O=C(CCCc1nc2ccccc2[nH]1)NCCc1cccc(F)c1. The number of benzene rings is 2. The van der Waals surface area contributed by atoms with E-state index in [1.165, 1.54) is 12.1 Å². The maximum Gasteiger partial charge on any atom is 0.220 e. The molecule has 0 bridgehead atoms. The van der Waals surface area contributed by atoms with Gasteiger partial charge in [-0.25, -0.2) is 9.37 Å². The van der Waals surface area contributed by atoms with Crippen molar-refractivity contribution < 1.29 is 9.18 Å². The number of aromatic amines is 1. The molecule has 3 rings (SSSR count). The summed E-state index contributed by atoms with van der Waals surface area (Å²) in [6.07, 6.45) is 2.57. The summed E-state index contributed by atoms with van der Waals surface area (Å²) in [6.45, 7) is 0.521. The van der Waals surface area contributed by atoms with E-state index in [0.717, 1.165) is 35.3 Å². The minimum Gasteiger partial charge on any atom is -0.356 e. The predicted octanol–water partition coefficient (Wildman–Crippen LogP) is 3.38. The second-order valence-electron chi connectivity index (χ2n) is 5.78. The van der Waals surface area contributed by atoms with Gasteiger partial charge in [-0.15, -0.1) is 0 Å². The molecule has 0 unspecified atom stereocenters. The molecule has 4 nitrogen and oxygen atoms in total. The highest BCUT2D eigenvalue weighted by atomic mass is 19.1. The van der Waals surface area contributed by atoms with Crippen molar-refractivity contribution in [1.82, 2.24) is 15.3 Å². The van der Waals surface area contributed by atoms with E-state index in [9.17, 15) is 9.18 Å². The molecule has 0 aliphatic rings. The van der Waals surface area contributed by atoms with Crippen LogP contribution < -0.4 is 5.32 Å². The molecule has 1 aromatic heterocycles. The van der Waals surface area contributed by atoms with E-state index < -0.39 is 0 Å². The third-order valence-electron chi connectivity index (χ3n) is 3.88. The zero-order chi connectivity index (χ0) is 16.8.